The molecule has 18 heavy (non-hydrogen) atoms. The van der Waals surface area contributed by atoms with Crippen molar-refractivity contribution in [3.63, 3.8) is 0 Å². The van der Waals surface area contributed by atoms with Gasteiger partial charge >= 0.3 is 5.56 Å². The van der Waals surface area contributed by atoms with Crippen LogP contribution in [-0.4, -0.2) is 34.6 Å². The molecule has 1 N–H and O–H groups in total. The lowest BCUT2D eigenvalue weighted by atomic mass is 10.2. The topological polar surface area (TPSA) is 93.8 Å². The van der Waals surface area contributed by atoms with Gasteiger partial charge in [-0.15, -0.1) is 4.52 Å². The number of aromatic amines is 1. The molecule has 0 fully saturated rings. The van der Waals surface area contributed by atoms with Crippen LogP contribution < -0.4 is 5.56 Å². The number of hydrogen-bond donors (Lipinski definition) is 1. The molecule has 0 amide bonds. The van der Waals surface area contributed by atoms with Crippen molar-refractivity contribution in [3.05, 3.63) is 16.7 Å². The molecule has 0 bridgehead atoms. The standard InChI is InChI=1S/C10H13N7O/c1-2-3-4-5-16-8-7(11-6-12-8)9(18)17-10(16)13-14-15-17/h6H,2-5H2,1H3,(H,11,12). The Bertz CT molecular complexity index is 683. The number of fused-ring (bicyclic) bond motifs is 2. The lowest BCUT2D eigenvalue weighted by Crippen LogP contribution is -2.20. The van der Waals surface area contributed by atoms with E-state index in [-0.39, 0.29) is 5.56 Å². The molecular formula is C10H13N7O. The average Bonchev–Trinajstić information content (AvgIpc) is 3.02. The van der Waals surface area contributed by atoms with Crippen LogP contribution in [0.2, 0.25) is 0 Å². The summed E-state index contributed by atoms with van der Waals surface area (Å²) in [6, 6.07) is 0. The fraction of sp³-hybridized carbons (Fsp3) is 0.500. The van der Waals surface area contributed by atoms with Gasteiger partial charge in [-0.25, -0.2) is 4.98 Å². The first-order valence-electron chi connectivity index (χ1n) is 5.97. The maximum Gasteiger partial charge on any atom is 0.303 e. The molecule has 94 valence electrons. The summed E-state index contributed by atoms with van der Waals surface area (Å²) in [4.78, 5) is 19.1. The van der Waals surface area contributed by atoms with E-state index >= 15 is 0 Å². The summed E-state index contributed by atoms with van der Waals surface area (Å²) in [5.74, 6) is 0.440. The zero-order chi connectivity index (χ0) is 12.5. The van der Waals surface area contributed by atoms with Gasteiger partial charge in [0.05, 0.1) is 6.33 Å². The summed E-state index contributed by atoms with van der Waals surface area (Å²) in [6.45, 7) is 2.89. The summed E-state index contributed by atoms with van der Waals surface area (Å²) >= 11 is 0. The molecule has 8 nitrogen and oxygen atoms in total. The van der Waals surface area contributed by atoms with Crippen molar-refractivity contribution in [3.8, 4) is 0 Å². The number of nitrogens with one attached hydrogen (secondary N) is 1. The minimum atomic E-state index is -0.269. The average molecular weight is 247 g/mol. The molecular weight excluding hydrogens is 234 g/mol. The quantitative estimate of drug-likeness (QED) is 0.671. The molecule has 0 saturated heterocycles. The number of unbranched alkanes of at least 4 members (excludes halogenated alkanes) is 2. The summed E-state index contributed by atoms with van der Waals surface area (Å²) in [7, 11) is 0. The highest BCUT2D eigenvalue weighted by molar-refractivity contribution is 5.71. The van der Waals surface area contributed by atoms with E-state index in [4.69, 9.17) is 0 Å². The van der Waals surface area contributed by atoms with E-state index in [1.807, 2.05) is 4.57 Å². The van der Waals surface area contributed by atoms with E-state index in [0.717, 1.165) is 25.8 Å². The lowest BCUT2D eigenvalue weighted by molar-refractivity contribution is 0.610. The maximum absolute atomic E-state index is 12.0. The van der Waals surface area contributed by atoms with Gasteiger partial charge < -0.3 is 4.98 Å². The van der Waals surface area contributed by atoms with Crippen molar-refractivity contribution in [2.24, 2.45) is 0 Å². The molecule has 3 aromatic heterocycles. The van der Waals surface area contributed by atoms with Crippen LogP contribution in [0.25, 0.3) is 16.9 Å². The molecule has 8 heteroatoms. The number of imidazole rings is 1. The van der Waals surface area contributed by atoms with Crippen molar-refractivity contribution < 1.29 is 0 Å². The lowest BCUT2D eigenvalue weighted by Gasteiger charge is -2.07. The van der Waals surface area contributed by atoms with Crippen LogP contribution in [0.3, 0.4) is 0 Å². The number of tetrazole rings is 1. The third kappa shape index (κ3) is 1.49. The third-order valence-corrected chi connectivity index (χ3v) is 2.96. The van der Waals surface area contributed by atoms with Crippen LogP contribution in [0.5, 0.6) is 0 Å². The Labute approximate surface area is 102 Å². The van der Waals surface area contributed by atoms with Gasteiger partial charge in [0.2, 0.25) is 0 Å². The molecule has 0 saturated carbocycles. The van der Waals surface area contributed by atoms with Crippen LogP contribution in [0.1, 0.15) is 26.2 Å². The predicted molar refractivity (Wildman–Crippen MR) is 64.2 cm³/mol. The van der Waals surface area contributed by atoms with Gasteiger partial charge in [-0.1, -0.05) is 24.9 Å². The second kappa shape index (κ2) is 4.21. The number of aromatic nitrogens is 7. The zero-order valence-electron chi connectivity index (χ0n) is 10.00. The summed E-state index contributed by atoms with van der Waals surface area (Å²) in [5.41, 5.74) is 0.777. The monoisotopic (exact) mass is 247 g/mol. The number of nitrogens with zero attached hydrogens (tertiary/aromatic N) is 6. The fourth-order valence-corrected chi connectivity index (χ4v) is 2.06. The van der Waals surface area contributed by atoms with E-state index in [9.17, 15) is 4.79 Å². The molecule has 3 rings (SSSR count). The number of hydrogen-bond acceptors (Lipinski definition) is 5. The molecule has 0 aromatic carbocycles. The van der Waals surface area contributed by atoms with Gasteiger partial charge in [0.25, 0.3) is 5.78 Å². The summed E-state index contributed by atoms with van der Waals surface area (Å²) in [5, 5.41) is 11.2. The first kappa shape index (κ1) is 10.9. The van der Waals surface area contributed by atoms with Gasteiger partial charge in [0.15, 0.2) is 11.2 Å². The highest BCUT2D eigenvalue weighted by atomic mass is 16.1. The van der Waals surface area contributed by atoms with Crippen molar-refractivity contribution in [1.29, 1.82) is 0 Å². The molecule has 0 aliphatic carbocycles. The van der Waals surface area contributed by atoms with E-state index in [1.54, 1.807) is 0 Å². The molecule has 0 aliphatic heterocycles. The Hall–Kier alpha value is -2.25. The van der Waals surface area contributed by atoms with Crippen molar-refractivity contribution in [2.75, 3.05) is 0 Å². The Morgan fingerprint density at radius 1 is 1.39 bits per heavy atom. The molecule has 0 unspecified atom stereocenters. The Kier molecular flexibility index (Phi) is 2.54. The smallest absolute Gasteiger partial charge is 0.303 e. The largest absolute Gasteiger partial charge is 0.339 e. The number of aryl methyl sites for hydroxylation is 1. The van der Waals surface area contributed by atoms with Crippen LogP contribution in [0.4, 0.5) is 0 Å². The minimum Gasteiger partial charge on any atom is -0.339 e. The first-order valence-corrected chi connectivity index (χ1v) is 5.97. The fourth-order valence-electron chi connectivity index (χ4n) is 2.06. The molecule has 0 atom stereocenters. The molecule has 3 heterocycles. The summed E-state index contributed by atoms with van der Waals surface area (Å²) in [6.07, 6.45) is 4.76. The van der Waals surface area contributed by atoms with Gasteiger partial charge in [-0.2, -0.15) is 0 Å². The Balaban J connectivity index is 2.23. The first-order chi connectivity index (χ1) is 8.83. The second-order valence-electron chi connectivity index (χ2n) is 4.16. The molecule has 0 aliphatic rings. The van der Waals surface area contributed by atoms with Crippen molar-refractivity contribution in [1.82, 2.24) is 34.6 Å². The maximum atomic E-state index is 12.0. The zero-order valence-corrected chi connectivity index (χ0v) is 10.00. The molecule has 0 radical (unpaired) electrons. The number of rotatable bonds is 4. The Morgan fingerprint density at radius 2 is 2.28 bits per heavy atom. The van der Waals surface area contributed by atoms with Gasteiger partial charge in [0, 0.05) is 6.54 Å². The van der Waals surface area contributed by atoms with E-state index in [0.29, 0.717) is 16.9 Å². The third-order valence-electron chi connectivity index (χ3n) is 2.96. The summed E-state index contributed by atoms with van der Waals surface area (Å²) < 4.78 is 3.08. The SMILES string of the molecule is CCCCCn1c2nc[nH]c2c(=O)n2nnnc12. The van der Waals surface area contributed by atoms with E-state index in [1.165, 1.54) is 10.8 Å². The highest BCUT2D eigenvalue weighted by Crippen LogP contribution is 2.10. The minimum absolute atomic E-state index is 0.269. The van der Waals surface area contributed by atoms with Gasteiger partial charge in [-0.3, -0.25) is 9.36 Å². The predicted octanol–water partition coefficient (Wildman–Crippen LogP) is 0.352. The van der Waals surface area contributed by atoms with Crippen LogP contribution in [-0.2, 0) is 6.54 Å². The van der Waals surface area contributed by atoms with Crippen LogP contribution >= 0.6 is 0 Å². The van der Waals surface area contributed by atoms with Crippen LogP contribution in [0, 0.1) is 0 Å². The van der Waals surface area contributed by atoms with Gasteiger partial charge in [-0.05, 0) is 16.8 Å². The Morgan fingerprint density at radius 3 is 3.11 bits per heavy atom. The number of H-pyrrole nitrogens is 1. The van der Waals surface area contributed by atoms with Crippen molar-refractivity contribution in [2.45, 2.75) is 32.7 Å². The normalized spacial score (nSPS) is 11.6. The van der Waals surface area contributed by atoms with E-state index in [2.05, 4.69) is 32.4 Å². The highest BCUT2D eigenvalue weighted by Gasteiger charge is 2.14. The molecule has 3 aromatic rings. The molecule has 0 spiro atoms. The van der Waals surface area contributed by atoms with Crippen LogP contribution in [0.15, 0.2) is 11.1 Å². The van der Waals surface area contributed by atoms with E-state index < -0.39 is 0 Å². The van der Waals surface area contributed by atoms with Gasteiger partial charge in [0.1, 0.15) is 0 Å². The van der Waals surface area contributed by atoms with Crippen molar-refractivity contribution >= 4 is 16.9 Å². The second-order valence-corrected chi connectivity index (χ2v) is 4.16.